The second-order valence-corrected chi connectivity index (χ2v) is 3.97. The van der Waals surface area contributed by atoms with Gasteiger partial charge in [0.15, 0.2) is 0 Å². The smallest absolute Gasteiger partial charge is 0.123 e. The van der Waals surface area contributed by atoms with Gasteiger partial charge in [0.1, 0.15) is 12.1 Å². The standard InChI is InChI=1S/C12H13FO/c1-2-12(7-10(12)8-14)9-4-3-5-11(13)6-9/h3-6,8,10H,2,7H2,1H3. The van der Waals surface area contributed by atoms with Gasteiger partial charge in [-0.05, 0) is 30.5 Å². The number of hydrogen-bond acceptors (Lipinski definition) is 1. The fourth-order valence-corrected chi connectivity index (χ4v) is 2.25. The summed E-state index contributed by atoms with van der Waals surface area (Å²) in [6, 6.07) is 6.61. The van der Waals surface area contributed by atoms with Gasteiger partial charge in [0.2, 0.25) is 0 Å². The molecule has 0 saturated heterocycles. The minimum atomic E-state index is -0.216. The van der Waals surface area contributed by atoms with Crippen LogP contribution in [-0.2, 0) is 10.2 Å². The number of benzene rings is 1. The molecule has 0 aromatic heterocycles. The van der Waals surface area contributed by atoms with Crippen LogP contribution in [0.2, 0.25) is 0 Å². The Hall–Kier alpha value is -1.18. The van der Waals surface area contributed by atoms with Crippen molar-refractivity contribution in [3.8, 4) is 0 Å². The third-order valence-electron chi connectivity index (χ3n) is 3.33. The van der Waals surface area contributed by atoms with Crippen LogP contribution in [-0.4, -0.2) is 6.29 Å². The van der Waals surface area contributed by atoms with E-state index >= 15 is 0 Å². The van der Waals surface area contributed by atoms with Gasteiger partial charge in [0.05, 0.1) is 0 Å². The summed E-state index contributed by atoms with van der Waals surface area (Å²) < 4.78 is 13.0. The van der Waals surface area contributed by atoms with Crippen molar-refractivity contribution in [1.29, 1.82) is 0 Å². The van der Waals surface area contributed by atoms with Gasteiger partial charge < -0.3 is 4.79 Å². The van der Waals surface area contributed by atoms with Crippen molar-refractivity contribution in [1.82, 2.24) is 0 Å². The summed E-state index contributed by atoms with van der Waals surface area (Å²) in [4.78, 5) is 10.7. The number of carbonyl (C=O) groups is 1. The summed E-state index contributed by atoms with van der Waals surface area (Å²) in [7, 11) is 0. The normalized spacial score (nSPS) is 30.0. The molecule has 1 aromatic rings. The molecule has 0 aliphatic heterocycles. The van der Waals surface area contributed by atoms with E-state index < -0.39 is 0 Å². The molecular weight excluding hydrogens is 179 g/mol. The molecule has 14 heavy (non-hydrogen) atoms. The highest BCUT2D eigenvalue weighted by atomic mass is 19.1. The quantitative estimate of drug-likeness (QED) is 0.673. The highest BCUT2D eigenvalue weighted by molar-refractivity contribution is 5.64. The van der Waals surface area contributed by atoms with Crippen LogP contribution in [0, 0.1) is 11.7 Å². The summed E-state index contributed by atoms with van der Waals surface area (Å²) in [5.74, 6) is -0.124. The van der Waals surface area contributed by atoms with Gasteiger partial charge in [-0.25, -0.2) is 4.39 Å². The molecule has 1 aliphatic rings. The first-order chi connectivity index (χ1) is 6.73. The molecule has 1 fully saturated rings. The van der Waals surface area contributed by atoms with Gasteiger partial charge in [0, 0.05) is 11.3 Å². The number of halogens is 1. The average molecular weight is 192 g/mol. The average Bonchev–Trinajstić information content (AvgIpc) is 2.93. The molecule has 2 atom stereocenters. The fourth-order valence-electron chi connectivity index (χ4n) is 2.25. The minimum absolute atomic E-state index is 0.0656. The first kappa shape index (κ1) is 9.38. The van der Waals surface area contributed by atoms with Crippen molar-refractivity contribution in [2.75, 3.05) is 0 Å². The second kappa shape index (κ2) is 3.19. The number of rotatable bonds is 3. The fraction of sp³-hybridized carbons (Fsp3) is 0.417. The molecule has 0 radical (unpaired) electrons. The third-order valence-corrected chi connectivity index (χ3v) is 3.33. The number of aldehydes is 1. The monoisotopic (exact) mass is 192 g/mol. The predicted molar refractivity (Wildman–Crippen MR) is 52.5 cm³/mol. The molecule has 0 N–H and O–H groups in total. The molecule has 2 rings (SSSR count). The van der Waals surface area contributed by atoms with Crippen molar-refractivity contribution in [3.05, 3.63) is 35.6 Å². The van der Waals surface area contributed by atoms with E-state index in [1.807, 2.05) is 6.07 Å². The molecule has 1 saturated carbocycles. The van der Waals surface area contributed by atoms with Crippen molar-refractivity contribution >= 4 is 6.29 Å². The lowest BCUT2D eigenvalue weighted by Gasteiger charge is -2.13. The van der Waals surface area contributed by atoms with Gasteiger partial charge in [-0.3, -0.25) is 0 Å². The van der Waals surface area contributed by atoms with Gasteiger partial charge in [-0.15, -0.1) is 0 Å². The SMILES string of the molecule is CCC1(c2cccc(F)c2)CC1C=O. The summed E-state index contributed by atoms with van der Waals surface area (Å²) >= 11 is 0. The first-order valence-corrected chi connectivity index (χ1v) is 4.94. The summed E-state index contributed by atoms with van der Waals surface area (Å²) in [5.41, 5.74) is 0.904. The van der Waals surface area contributed by atoms with Crippen LogP contribution in [0.3, 0.4) is 0 Å². The van der Waals surface area contributed by atoms with Gasteiger partial charge in [-0.1, -0.05) is 19.1 Å². The van der Waals surface area contributed by atoms with E-state index in [0.29, 0.717) is 0 Å². The largest absolute Gasteiger partial charge is 0.303 e. The van der Waals surface area contributed by atoms with E-state index in [2.05, 4.69) is 6.92 Å². The van der Waals surface area contributed by atoms with Crippen LogP contribution in [0.25, 0.3) is 0 Å². The Morgan fingerprint density at radius 2 is 2.43 bits per heavy atom. The van der Waals surface area contributed by atoms with Crippen LogP contribution < -0.4 is 0 Å². The van der Waals surface area contributed by atoms with E-state index in [0.717, 1.165) is 24.7 Å². The van der Waals surface area contributed by atoms with E-state index in [-0.39, 0.29) is 17.2 Å². The molecule has 1 nitrogen and oxygen atoms in total. The molecular formula is C12H13FO. The first-order valence-electron chi connectivity index (χ1n) is 4.94. The maximum absolute atomic E-state index is 13.0. The zero-order valence-corrected chi connectivity index (χ0v) is 8.16. The zero-order chi connectivity index (χ0) is 10.2. The zero-order valence-electron chi connectivity index (χ0n) is 8.16. The molecule has 0 spiro atoms. The summed E-state index contributed by atoms with van der Waals surface area (Å²) in [6.45, 7) is 2.05. The van der Waals surface area contributed by atoms with Crippen molar-refractivity contribution in [2.24, 2.45) is 5.92 Å². The lowest BCUT2D eigenvalue weighted by Crippen LogP contribution is -2.09. The highest BCUT2D eigenvalue weighted by Gasteiger charge is 2.53. The van der Waals surface area contributed by atoms with E-state index in [1.54, 1.807) is 12.1 Å². The van der Waals surface area contributed by atoms with E-state index in [9.17, 15) is 9.18 Å². The molecule has 1 aromatic carbocycles. The minimum Gasteiger partial charge on any atom is -0.303 e. The molecule has 0 bridgehead atoms. The second-order valence-electron chi connectivity index (χ2n) is 3.97. The van der Waals surface area contributed by atoms with Gasteiger partial charge in [0.25, 0.3) is 0 Å². The van der Waals surface area contributed by atoms with E-state index in [1.165, 1.54) is 6.07 Å². The topological polar surface area (TPSA) is 17.1 Å². The summed E-state index contributed by atoms with van der Waals surface area (Å²) in [6.07, 6.45) is 2.77. The Balaban J connectivity index is 2.34. The van der Waals surface area contributed by atoms with Crippen LogP contribution in [0.1, 0.15) is 25.3 Å². The summed E-state index contributed by atoms with van der Waals surface area (Å²) in [5, 5.41) is 0. The Bertz CT molecular complexity index is 361. The lowest BCUT2D eigenvalue weighted by molar-refractivity contribution is -0.109. The van der Waals surface area contributed by atoms with Crippen molar-refractivity contribution in [2.45, 2.75) is 25.2 Å². The van der Waals surface area contributed by atoms with Crippen molar-refractivity contribution < 1.29 is 9.18 Å². The number of hydrogen-bond donors (Lipinski definition) is 0. The van der Waals surface area contributed by atoms with Gasteiger partial charge in [-0.2, -0.15) is 0 Å². The van der Waals surface area contributed by atoms with Crippen LogP contribution in [0.15, 0.2) is 24.3 Å². The molecule has 1 aliphatic carbocycles. The van der Waals surface area contributed by atoms with Crippen LogP contribution in [0.5, 0.6) is 0 Å². The lowest BCUT2D eigenvalue weighted by atomic mass is 9.91. The predicted octanol–water partition coefficient (Wildman–Crippen LogP) is 2.69. The van der Waals surface area contributed by atoms with Crippen molar-refractivity contribution in [3.63, 3.8) is 0 Å². The highest BCUT2D eigenvalue weighted by Crippen LogP contribution is 2.55. The maximum Gasteiger partial charge on any atom is 0.123 e. The van der Waals surface area contributed by atoms with E-state index in [4.69, 9.17) is 0 Å². The molecule has 0 heterocycles. The van der Waals surface area contributed by atoms with Crippen LogP contribution >= 0.6 is 0 Å². The Labute approximate surface area is 82.9 Å². The Morgan fingerprint density at radius 1 is 1.64 bits per heavy atom. The molecule has 2 unspecified atom stereocenters. The van der Waals surface area contributed by atoms with Crippen LogP contribution in [0.4, 0.5) is 4.39 Å². The molecule has 0 amide bonds. The third kappa shape index (κ3) is 1.26. The maximum atomic E-state index is 13.0. The molecule has 2 heteroatoms. The molecule has 74 valence electrons. The Morgan fingerprint density at radius 3 is 2.93 bits per heavy atom. The Kier molecular flexibility index (Phi) is 2.14. The van der Waals surface area contributed by atoms with Gasteiger partial charge >= 0.3 is 0 Å². The number of carbonyl (C=O) groups excluding carboxylic acids is 1.